The highest BCUT2D eigenvalue weighted by atomic mass is 35.5. The average Bonchev–Trinajstić information content (AvgIpc) is 2.59. The molecule has 2 rings (SSSR count). The van der Waals surface area contributed by atoms with Gasteiger partial charge in [0.25, 0.3) is 11.6 Å². The SMILES string of the molecule is COc1ccc([N+](=O)[O-])c(C(=O)NCCSc2ccc(Cl)cc2)c1. The van der Waals surface area contributed by atoms with Gasteiger partial charge in [0, 0.05) is 28.3 Å². The summed E-state index contributed by atoms with van der Waals surface area (Å²) in [5.74, 6) is 0.518. The Labute approximate surface area is 148 Å². The van der Waals surface area contributed by atoms with Crippen molar-refractivity contribution in [2.45, 2.75) is 4.90 Å². The number of rotatable bonds is 7. The van der Waals surface area contributed by atoms with Gasteiger partial charge in [0.05, 0.1) is 12.0 Å². The molecule has 0 saturated carbocycles. The summed E-state index contributed by atoms with van der Waals surface area (Å²) in [6, 6.07) is 11.4. The molecule has 0 radical (unpaired) electrons. The Morgan fingerprint density at radius 3 is 2.62 bits per heavy atom. The number of benzene rings is 2. The van der Waals surface area contributed by atoms with E-state index >= 15 is 0 Å². The number of carbonyl (C=O) groups excluding carboxylic acids is 1. The van der Waals surface area contributed by atoms with E-state index in [1.54, 1.807) is 23.9 Å². The second-order valence-electron chi connectivity index (χ2n) is 4.70. The zero-order chi connectivity index (χ0) is 17.5. The molecule has 2 aromatic carbocycles. The van der Waals surface area contributed by atoms with Gasteiger partial charge in [0.1, 0.15) is 11.3 Å². The maximum absolute atomic E-state index is 12.2. The van der Waals surface area contributed by atoms with Crippen molar-refractivity contribution in [3.8, 4) is 5.75 Å². The monoisotopic (exact) mass is 366 g/mol. The van der Waals surface area contributed by atoms with Crippen LogP contribution >= 0.6 is 23.4 Å². The van der Waals surface area contributed by atoms with E-state index in [-0.39, 0.29) is 11.3 Å². The number of nitrogens with zero attached hydrogens (tertiary/aromatic N) is 1. The highest BCUT2D eigenvalue weighted by molar-refractivity contribution is 7.99. The Kier molecular flexibility index (Phi) is 6.45. The molecule has 0 aromatic heterocycles. The highest BCUT2D eigenvalue weighted by Crippen LogP contribution is 2.24. The van der Waals surface area contributed by atoms with Crippen LogP contribution in [0.3, 0.4) is 0 Å². The number of hydrogen-bond donors (Lipinski definition) is 1. The molecule has 0 fully saturated rings. The lowest BCUT2D eigenvalue weighted by molar-refractivity contribution is -0.385. The molecule has 8 heteroatoms. The van der Waals surface area contributed by atoms with Gasteiger partial charge in [-0.1, -0.05) is 11.6 Å². The van der Waals surface area contributed by atoms with Crippen molar-refractivity contribution in [2.24, 2.45) is 0 Å². The normalized spacial score (nSPS) is 10.2. The van der Waals surface area contributed by atoms with E-state index in [1.165, 1.54) is 25.3 Å². The number of methoxy groups -OCH3 is 1. The Bertz CT molecular complexity index is 737. The Morgan fingerprint density at radius 1 is 1.29 bits per heavy atom. The van der Waals surface area contributed by atoms with E-state index in [9.17, 15) is 14.9 Å². The van der Waals surface area contributed by atoms with Crippen LogP contribution in [0.2, 0.25) is 5.02 Å². The summed E-state index contributed by atoms with van der Waals surface area (Å²) in [6.07, 6.45) is 0. The summed E-state index contributed by atoms with van der Waals surface area (Å²) >= 11 is 7.37. The number of amides is 1. The van der Waals surface area contributed by atoms with E-state index in [0.29, 0.717) is 23.1 Å². The van der Waals surface area contributed by atoms with E-state index < -0.39 is 10.8 Å². The van der Waals surface area contributed by atoms with Gasteiger partial charge in [-0.25, -0.2) is 0 Å². The number of hydrogen-bond acceptors (Lipinski definition) is 5. The fourth-order valence-corrected chi connectivity index (χ4v) is 2.84. The van der Waals surface area contributed by atoms with E-state index in [4.69, 9.17) is 16.3 Å². The lowest BCUT2D eigenvalue weighted by Gasteiger charge is -2.07. The molecule has 0 aliphatic heterocycles. The molecule has 24 heavy (non-hydrogen) atoms. The lowest BCUT2D eigenvalue weighted by Crippen LogP contribution is -2.26. The zero-order valence-corrected chi connectivity index (χ0v) is 14.4. The molecule has 0 spiro atoms. The quantitative estimate of drug-likeness (QED) is 0.349. The van der Waals surface area contributed by atoms with E-state index in [1.807, 2.05) is 12.1 Å². The number of nitro benzene ring substituents is 1. The van der Waals surface area contributed by atoms with Crippen molar-refractivity contribution in [3.63, 3.8) is 0 Å². The minimum absolute atomic E-state index is 0.0177. The van der Waals surface area contributed by atoms with Gasteiger partial charge >= 0.3 is 0 Å². The molecular weight excluding hydrogens is 352 g/mol. The topological polar surface area (TPSA) is 81.5 Å². The molecule has 0 aliphatic rings. The number of thioether (sulfide) groups is 1. The first-order chi connectivity index (χ1) is 11.5. The van der Waals surface area contributed by atoms with Gasteiger partial charge in [-0.3, -0.25) is 14.9 Å². The lowest BCUT2D eigenvalue weighted by atomic mass is 10.1. The van der Waals surface area contributed by atoms with Crippen LogP contribution in [0.5, 0.6) is 5.75 Å². The van der Waals surface area contributed by atoms with E-state index in [0.717, 1.165) is 4.90 Å². The van der Waals surface area contributed by atoms with Gasteiger partial charge in [0.2, 0.25) is 0 Å². The molecule has 0 atom stereocenters. The Morgan fingerprint density at radius 2 is 2.00 bits per heavy atom. The van der Waals surface area contributed by atoms with E-state index in [2.05, 4.69) is 5.32 Å². The van der Waals surface area contributed by atoms with Crippen LogP contribution in [0.4, 0.5) is 5.69 Å². The molecule has 126 valence electrons. The molecule has 1 N–H and O–H groups in total. The predicted molar refractivity (Wildman–Crippen MR) is 94.2 cm³/mol. The van der Waals surface area contributed by atoms with Crippen LogP contribution in [-0.2, 0) is 0 Å². The maximum Gasteiger partial charge on any atom is 0.282 e. The van der Waals surface area contributed by atoms with Gasteiger partial charge in [0.15, 0.2) is 0 Å². The van der Waals surface area contributed by atoms with Gasteiger partial charge in [-0.15, -0.1) is 11.8 Å². The first-order valence-electron chi connectivity index (χ1n) is 7.00. The summed E-state index contributed by atoms with van der Waals surface area (Å²) in [6.45, 7) is 0.375. The predicted octanol–water partition coefficient (Wildman–Crippen LogP) is 3.78. The van der Waals surface area contributed by atoms with Crippen LogP contribution in [-0.4, -0.2) is 30.2 Å². The third kappa shape index (κ3) is 4.87. The molecule has 0 bridgehead atoms. The summed E-state index contributed by atoms with van der Waals surface area (Å²) < 4.78 is 5.02. The minimum Gasteiger partial charge on any atom is -0.497 e. The maximum atomic E-state index is 12.2. The molecule has 0 heterocycles. The first-order valence-corrected chi connectivity index (χ1v) is 8.36. The highest BCUT2D eigenvalue weighted by Gasteiger charge is 2.20. The first kappa shape index (κ1) is 18.1. The third-order valence-electron chi connectivity index (χ3n) is 3.12. The minimum atomic E-state index is -0.586. The average molecular weight is 367 g/mol. The molecule has 0 saturated heterocycles. The van der Waals surface area contributed by atoms with Crippen LogP contribution in [0.15, 0.2) is 47.4 Å². The van der Waals surface area contributed by atoms with Gasteiger partial charge < -0.3 is 10.1 Å². The molecular formula is C16H15ClN2O4S. The van der Waals surface area contributed by atoms with Crippen molar-refractivity contribution in [2.75, 3.05) is 19.4 Å². The van der Waals surface area contributed by atoms with Crippen molar-refractivity contribution in [1.29, 1.82) is 0 Å². The summed E-state index contributed by atoms with van der Waals surface area (Å²) in [5.41, 5.74) is -0.269. The number of ether oxygens (including phenoxy) is 1. The number of carbonyl (C=O) groups is 1. The summed E-state index contributed by atoms with van der Waals surface area (Å²) in [5, 5.41) is 14.4. The Hall–Kier alpha value is -2.25. The molecule has 1 amide bonds. The molecule has 6 nitrogen and oxygen atoms in total. The van der Waals surface area contributed by atoms with Crippen molar-refractivity contribution in [1.82, 2.24) is 5.32 Å². The van der Waals surface area contributed by atoms with Crippen molar-refractivity contribution < 1.29 is 14.5 Å². The van der Waals surface area contributed by atoms with Crippen LogP contribution < -0.4 is 10.1 Å². The molecule has 2 aromatic rings. The van der Waals surface area contributed by atoms with Gasteiger partial charge in [-0.2, -0.15) is 0 Å². The fourth-order valence-electron chi connectivity index (χ4n) is 1.94. The van der Waals surface area contributed by atoms with Crippen LogP contribution in [0, 0.1) is 10.1 Å². The van der Waals surface area contributed by atoms with Crippen LogP contribution in [0.25, 0.3) is 0 Å². The number of halogens is 1. The third-order valence-corrected chi connectivity index (χ3v) is 4.38. The Balaban J connectivity index is 1.94. The number of nitro groups is 1. The van der Waals surface area contributed by atoms with Crippen molar-refractivity contribution in [3.05, 3.63) is 63.2 Å². The standard InChI is InChI=1S/C16H15ClN2O4S/c1-23-12-4-7-15(19(21)22)14(10-12)16(20)18-8-9-24-13-5-2-11(17)3-6-13/h2-7,10H,8-9H2,1H3,(H,18,20). The second kappa shape index (κ2) is 8.56. The molecule has 0 aliphatic carbocycles. The smallest absolute Gasteiger partial charge is 0.282 e. The fraction of sp³-hybridized carbons (Fsp3) is 0.188. The van der Waals surface area contributed by atoms with Crippen molar-refractivity contribution >= 4 is 35.0 Å². The summed E-state index contributed by atoms with van der Waals surface area (Å²) in [7, 11) is 1.44. The molecule has 0 unspecified atom stereocenters. The van der Waals surface area contributed by atoms with Crippen LogP contribution in [0.1, 0.15) is 10.4 Å². The summed E-state index contributed by atoms with van der Waals surface area (Å²) in [4.78, 5) is 23.7. The second-order valence-corrected chi connectivity index (χ2v) is 6.30. The zero-order valence-electron chi connectivity index (χ0n) is 12.8. The largest absolute Gasteiger partial charge is 0.497 e. The number of nitrogens with one attached hydrogen (secondary N) is 1. The van der Waals surface area contributed by atoms with Gasteiger partial charge in [-0.05, 0) is 36.4 Å².